The molecule has 2 rings (SSSR count). The van der Waals surface area contributed by atoms with Crippen LogP contribution < -0.4 is 10.3 Å². The van der Waals surface area contributed by atoms with Crippen LogP contribution in [0.4, 0.5) is 0 Å². The van der Waals surface area contributed by atoms with E-state index in [0.29, 0.717) is 16.8 Å². The Morgan fingerprint density at radius 2 is 2.12 bits per heavy atom. The van der Waals surface area contributed by atoms with Gasteiger partial charge in [0.2, 0.25) is 0 Å². The lowest BCUT2D eigenvalue weighted by Gasteiger charge is -2.10. The fraction of sp³-hybridized carbons (Fsp3) is 0.231. The third kappa shape index (κ3) is 1.93. The van der Waals surface area contributed by atoms with Gasteiger partial charge in [-0.05, 0) is 30.5 Å². The zero-order valence-electron chi connectivity index (χ0n) is 9.77. The molecule has 4 nitrogen and oxygen atoms in total. The number of ether oxygens (including phenoxy) is 1. The topological polar surface area (TPSA) is 48.3 Å². The average molecular weight is 231 g/mol. The Morgan fingerprint density at radius 3 is 2.76 bits per heavy atom. The van der Waals surface area contributed by atoms with Crippen LogP contribution in [0, 0.1) is 6.92 Å². The Balaban J connectivity index is 2.84. The number of nitrogens with zero attached hydrogens (tertiary/aromatic N) is 1. The monoisotopic (exact) mass is 231 g/mol. The van der Waals surface area contributed by atoms with Gasteiger partial charge in [0.05, 0.1) is 19.2 Å². The number of aryl methyl sites for hydroxylation is 1. The first-order valence-corrected chi connectivity index (χ1v) is 5.29. The Morgan fingerprint density at radius 1 is 1.35 bits per heavy atom. The highest BCUT2D eigenvalue weighted by Crippen LogP contribution is 2.20. The van der Waals surface area contributed by atoms with Crippen molar-refractivity contribution in [2.75, 3.05) is 7.11 Å². The predicted octanol–water partition coefficient (Wildman–Crippen LogP) is 1.52. The molecular weight excluding hydrogens is 218 g/mol. The van der Waals surface area contributed by atoms with Gasteiger partial charge >= 0.3 is 0 Å². The van der Waals surface area contributed by atoms with Gasteiger partial charge in [0.1, 0.15) is 12.0 Å². The molecule has 0 aliphatic carbocycles. The van der Waals surface area contributed by atoms with E-state index in [0.717, 1.165) is 11.7 Å². The summed E-state index contributed by atoms with van der Waals surface area (Å²) in [5.41, 5.74) is 1.20. The quantitative estimate of drug-likeness (QED) is 0.752. The zero-order valence-corrected chi connectivity index (χ0v) is 9.77. The molecule has 0 saturated heterocycles. The molecule has 0 spiro atoms. The summed E-state index contributed by atoms with van der Waals surface area (Å²) in [7, 11) is 1.57. The van der Waals surface area contributed by atoms with Crippen LogP contribution in [0.5, 0.6) is 5.75 Å². The molecule has 17 heavy (non-hydrogen) atoms. The van der Waals surface area contributed by atoms with E-state index in [-0.39, 0.29) is 12.1 Å². The summed E-state index contributed by atoms with van der Waals surface area (Å²) < 4.78 is 6.58. The lowest BCUT2D eigenvalue weighted by Crippen LogP contribution is -2.23. The average Bonchev–Trinajstić information content (AvgIpc) is 2.34. The third-order valence-electron chi connectivity index (χ3n) is 2.74. The number of fused-ring (bicyclic) bond motifs is 1. The minimum atomic E-state index is -0.141. The minimum absolute atomic E-state index is 0.0597. The van der Waals surface area contributed by atoms with E-state index in [4.69, 9.17) is 4.74 Å². The maximum absolute atomic E-state index is 11.9. The first-order valence-electron chi connectivity index (χ1n) is 5.29. The van der Waals surface area contributed by atoms with E-state index in [2.05, 4.69) is 0 Å². The molecule has 0 amide bonds. The van der Waals surface area contributed by atoms with Crippen molar-refractivity contribution in [2.24, 2.45) is 0 Å². The van der Waals surface area contributed by atoms with Crippen LogP contribution in [-0.2, 0) is 11.3 Å². The van der Waals surface area contributed by atoms with Crippen LogP contribution in [0.3, 0.4) is 0 Å². The molecule has 0 radical (unpaired) electrons. The Bertz CT molecular complexity index is 628. The summed E-state index contributed by atoms with van der Waals surface area (Å²) in [5.74, 6) is 0.667. The van der Waals surface area contributed by atoms with Crippen molar-refractivity contribution < 1.29 is 9.53 Å². The fourth-order valence-corrected chi connectivity index (χ4v) is 1.88. The van der Waals surface area contributed by atoms with Gasteiger partial charge < -0.3 is 14.1 Å². The van der Waals surface area contributed by atoms with Crippen molar-refractivity contribution in [3.05, 3.63) is 40.2 Å². The highest BCUT2D eigenvalue weighted by Gasteiger charge is 2.07. The Labute approximate surface area is 98.4 Å². The molecule has 1 aromatic carbocycles. The number of rotatable bonds is 3. The summed E-state index contributed by atoms with van der Waals surface area (Å²) in [4.78, 5) is 22.6. The molecule has 0 fully saturated rings. The van der Waals surface area contributed by atoms with Crippen LogP contribution in [0.2, 0.25) is 0 Å². The van der Waals surface area contributed by atoms with Gasteiger partial charge in [0, 0.05) is 11.6 Å². The number of benzene rings is 1. The standard InChI is InChI=1S/C13H13NO3/c1-9-7-10-3-4-11(17-2)8-12(10)14(5-6-15)13(9)16/h3-4,6-8H,5H2,1-2H3. The highest BCUT2D eigenvalue weighted by molar-refractivity contribution is 5.81. The molecular formula is C13H13NO3. The van der Waals surface area contributed by atoms with Crippen LogP contribution in [0.25, 0.3) is 10.9 Å². The van der Waals surface area contributed by atoms with Crippen LogP contribution >= 0.6 is 0 Å². The number of carbonyl (C=O) groups excluding carboxylic acids is 1. The van der Waals surface area contributed by atoms with Gasteiger partial charge in [-0.3, -0.25) is 4.79 Å². The fourth-order valence-electron chi connectivity index (χ4n) is 1.88. The Kier molecular flexibility index (Phi) is 2.95. The van der Waals surface area contributed by atoms with Crippen LogP contribution in [0.1, 0.15) is 5.56 Å². The summed E-state index contributed by atoms with van der Waals surface area (Å²) in [6, 6.07) is 7.29. The summed E-state index contributed by atoms with van der Waals surface area (Å²) in [6.07, 6.45) is 0.722. The molecule has 4 heteroatoms. The third-order valence-corrected chi connectivity index (χ3v) is 2.74. The second-order valence-electron chi connectivity index (χ2n) is 3.83. The van der Waals surface area contributed by atoms with Crippen molar-refractivity contribution in [3.63, 3.8) is 0 Å². The second-order valence-corrected chi connectivity index (χ2v) is 3.83. The molecule has 0 aliphatic rings. The second kappa shape index (κ2) is 4.41. The van der Waals surface area contributed by atoms with Gasteiger partial charge in [-0.1, -0.05) is 0 Å². The van der Waals surface area contributed by atoms with Gasteiger partial charge in [-0.2, -0.15) is 0 Å². The van der Waals surface area contributed by atoms with E-state index in [1.807, 2.05) is 18.2 Å². The van der Waals surface area contributed by atoms with Gasteiger partial charge in [-0.25, -0.2) is 0 Å². The molecule has 1 heterocycles. The highest BCUT2D eigenvalue weighted by atomic mass is 16.5. The van der Waals surface area contributed by atoms with Crippen molar-refractivity contribution >= 4 is 17.2 Å². The summed E-state index contributed by atoms with van der Waals surface area (Å²) >= 11 is 0. The lowest BCUT2D eigenvalue weighted by atomic mass is 10.1. The van der Waals surface area contributed by atoms with Crippen molar-refractivity contribution in [1.29, 1.82) is 0 Å². The molecule has 88 valence electrons. The molecule has 2 aromatic rings. The predicted molar refractivity (Wildman–Crippen MR) is 65.6 cm³/mol. The maximum Gasteiger partial charge on any atom is 0.254 e. The number of hydrogen-bond acceptors (Lipinski definition) is 3. The number of pyridine rings is 1. The first kappa shape index (κ1) is 11.4. The molecule has 0 aliphatic heterocycles. The summed E-state index contributed by atoms with van der Waals surface area (Å²) in [6.45, 7) is 1.80. The van der Waals surface area contributed by atoms with Gasteiger partial charge in [0.25, 0.3) is 5.56 Å². The number of aldehydes is 1. The minimum Gasteiger partial charge on any atom is -0.497 e. The zero-order chi connectivity index (χ0) is 12.4. The SMILES string of the molecule is COc1ccc2cc(C)c(=O)n(CC=O)c2c1. The van der Waals surface area contributed by atoms with E-state index >= 15 is 0 Å². The van der Waals surface area contributed by atoms with Gasteiger partial charge in [0.15, 0.2) is 0 Å². The van der Waals surface area contributed by atoms with E-state index in [9.17, 15) is 9.59 Å². The smallest absolute Gasteiger partial charge is 0.254 e. The van der Waals surface area contributed by atoms with Crippen molar-refractivity contribution in [1.82, 2.24) is 4.57 Å². The number of hydrogen-bond donors (Lipinski definition) is 0. The van der Waals surface area contributed by atoms with E-state index in [1.165, 1.54) is 4.57 Å². The largest absolute Gasteiger partial charge is 0.497 e. The van der Waals surface area contributed by atoms with Crippen molar-refractivity contribution in [3.8, 4) is 5.75 Å². The van der Waals surface area contributed by atoms with Gasteiger partial charge in [-0.15, -0.1) is 0 Å². The molecule has 1 aromatic heterocycles. The first-order chi connectivity index (χ1) is 8.17. The molecule has 0 atom stereocenters. The normalized spacial score (nSPS) is 10.5. The van der Waals surface area contributed by atoms with Crippen LogP contribution in [-0.4, -0.2) is 18.0 Å². The number of carbonyl (C=O) groups is 1. The van der Waals surface area contributed by atoms with E-state index in [1.54, 1.807) is 20.1 Å². The number of methoxy groups -OCH3 is 1. The van der Waals surface area contributed by atoms with Crippen molar-refractivity contribution in [2.45, 2.75) is 13.5 Å². The van der Waals surface area contributed by atoms with E-state index < -0.39 is 0 Å². The molecule has 0 unspecified atom stereocenters. The van der Waals surface area contributed by atoms with Crippen LogP contribution in [0.15, 0.2) is 29.1 Å². The maximum atomic E-state index is 11.9. The lowest BCUT2D eigenvalue weighted by molar-refractivity contribution is -0.108. The molecule has 0 bridgehead atoms. The molecule has 0 N–H and O–H groups in total. The Hall–Kier alpha value is -2.10. The number of aromatic nitrogens is 1. The summed E-state index contributed by atoms with van der Waals surface area (Å²) in [5, 5.41) is 0.921. The molecule has 0 saturated carbocycles.